The van der Waals surface area contributed by atoms with E-state index in [0.717, 1.165) is 25.7 Å². The molecule has 0 radical (unpaired) electrons. The molecule has 1 aliphatic heterocycles. The van der Waals surface area contributed by atoms with Crippen LogP contribution in [0.4, 0.5) is 0 Å². The summed E-state index contributed by atoms with van der Waals surface area (Å²) in [5.41, 5.74) is -0.969. The van der Waals surface area contributed by atoms with Crippen LogP contribution in [0.1, 0.15) is 46.0 Å². The zero-order valence-corrected chi connectivity index (χ0v) is 17.0. The maximum Gasteiger partial charge on any atom is 0.266 e. The zero-order valence-electron chi connectivity index (χ0n) is 16.2. The van der Waals surface area contributed by atoms with Crippen LogP contribution in [0.5, 0.6) is 5.75 Å². The van der Waals surface area contributed by atoms with Gasteiger partial charge in [-0.15, -0.1) is 0 Å². The van der Waals surface area contributed by atoms with Crippen LogP contribution in [0.15, 0.2) is 24.3 Å². The number of carbonyl (C=O) groups is 2. The number of rotatable bonds is 4. The molecule has 1 aliphatic carbocycles. The van der Waals surface area contributed by atoms with E-state index in [-0.39, 0.29) is 17.7 Å². The van der Waals surface area contributed by atoms with Gasteiger partial charge in [-0.05, 0) is 51.0 Å². The average molecular weight is 393 g/mol. The molecular formula is C21H29ClN2O3. The summed E-state index contributed by atoms with van der Waals surface area (Å²) in [6.45, 7) is 5.90. The van der Waals surface area contributed by atoms with E-state index in [2.05, 4.69) is 0 Å². The lowest BCUT2D eigenvalue weighted by Crippen LogP contribution is -2.57. The Kier molecular flexibility index (Phi) is 6.30. The molecule has 5 nitrogen and oxygen atoms in total. The van der Waals surface area contributed by atoms with Gasteiger partial charge in [-0.3, -0.25) is 9.59 Å². The van der Waals surface area contributed by atoms with Gasteiger partial charge in [-0.1, -0.05) is 30.9 Å². The molecule has 0 spiro atoms. The van der Waals surface area contributed by atoms with Crippen molar-refractivity contribution in [1.29, 1.82) is 0 Å². The standard InChI is InChI=1S/C21H29ClN2O3/c1-21(2,27-18-10-8-17(22)9-11-18)20(26)24-14-12-23(13-15-24)19(25)16-6-4-3-5-7-16/h8-11,16H,3-7,12-15H2,1-2H3. The van der Waals surface area contributed by atoms with Crippen molar-refractivity contribution in [1.82, 2.24) is 9.80 Å². The molecule has 2 amide bonds. The molecule has 2 fully saturated rings. The number of amides is 2. The smallest absolute Gasteiger partial charge is 0.266 e. The number of carbonyl (C=O) groups excluding carboxylic acids is 2. The maximum absolute atomic E-state index is 12.9. The molecule has 0 aromatic heterocycles. The summed E-state index contributed by atoms with van der Waals surface area (Å²) in [5, 5.41) is 0.630. The van der Waals surface area contributed by atoms with Crippen molar-refractivity contribution in [3.05, 3.63) is 29.3 Å². The third kappa shape index (κ3) is 4.95. The molecule has 1 aromatic rings. The number of benzene rings is 1. The second-order valence-corrected chi connectivity index (χ2v) is 8.46. The van der Waals surface area contributed by atoms with Crippen molar-refractivity contribution in [2.45, 2.75) is 51.6 Å². The van der Waals surface area contributed by atoms with Crippen LogP contribution >= 0.6 is 11.6 Å². The fraction of sp³-hybridized carbons (Fsp3) is 0.619. The molecule has 0 atom stereocenters. The first-order chi connectivity index (χ1) is 12.9. The van der Waals surface area contributed by atoms with Crippen LogP contribution in [0.25, 0.3) is 0 Å². The normalized spacial score (nSPS) is 19.1. The third-order valence-corrected chi connectivity index (χ3v) is 5.79. The summed E-state index contributed by atoms with van der Waals surface area (Å²) in [7, 11) is 0. The van der Waals surface area contributed by atoms with E-state index >= 15 is 0 Å². The highest BCUT2D eigenvalue weighted by atomic mass is 35.5. The molecule has 148 valence electrons. The van der Waals surface area contributed by atoms with Crippen LogP contribution in [0.3, 0.4) is 0 Å². The van der Waals surface area contributed by atoms with Crippen LogP contribution in [-0.4, -0.2) is 53.4 Å². The van der Waals surface area contributed by atoms with E-state index in [1.807, 2.05) is 4.90 Å². The van der Waals surface area contributed by atoms with E-state index in [9.17, 15) is 9.59 Å². The maximum atomic E-state index is 12.9. The van der Waals surface area contributed by atoms with E-state index in [4.69, 9.17) is 16.3 Å². The molecule has 0 unspecified atom stereocenters. The van der Waals surface area contributed by atoms with Crippen molar-refractivity contribution >= 4 is 23.4 Å². The molecule has 3 rings (SSSR count). The Morgan fingerprint density at radius 2 is 1.52 bits per heavy atom. The molecule has 1 aromatic carbocycles. The Hall–Kier alpha value is -1.75. The molecule has 6 heteroatoms. The van der Waals surface area contributed by atoms with Crippen LogP contribution in [-0.2, 0) is 9.59 Å². The molecule has 1 saturated heterocycles. The summed E-state index contributed by atoms with van der Waals surface area (Å²) >= 11 is 5.90. The Morgan fingerprint density at radius 1 is 0.963 bits per heavy atom. The topological polar surface area (TPSA) is 49.9 Å². The molecule has 1 heterocycles. The third-order valence-electron chi connectivity index (χ3n) is 5.53. The highest BCUT2D eigenvalue weighted by Crippen LogP contribution is 2.27. The van der Waals surface area contributed by atoms with Gasteiger partial charge in [0.1, 0.15) is 5.75 Å². The summed E-state index contributed by atoms with van der Waals surface area (Å²) < 4.78 is 5.91. The first-order valence-corrected chi connectivity index (χ1v) is 10.3. The Bertz CT molecular complexity index is 661. The first-order valence-electron chi connectivity index (χ1n) is 9.89. The number of piperazine rings is 1. The van der Waals surface area contributed by atoms with E-state index < -0.39 is 5.60 Å². The number of halogens is 1. The second-order valence-electron chi connectivity index (χ2n) is 8.02. The predicted molar refractivity (Wildman–Crippen MR) is 106 cm³/mol. The van der Waals surface area contributed by atoms with Gasteiger partial charge in [0.2, 0.25) is 5.91 Å². The van der Waals surface area contributed by atoms with Crippen molar-refractivity contribution in [2.75, 3.05) is 26.2 Å². The zero-order chi connectivity index (χ0) is 19.4. The van der Waals surface area contributed by atoms with Gasteiger partial charge in [0.05, 0.1) is 0 Å². The van der Waals surface area contributed by atoms with Crippen LogP contribution < -0.4 is 4.74 Å². The van der Waals surface area contributed by atoms with Gasteiger partial charge >= 0.3 is 0 Å². The minimum atomic E-state index is -0.969. The monoisotopic (exact) mass is 392 g/mol. The number of hydrogen-bond acceptors (Lipinski definition) is 3. The lowest BCUT2D eigenvalue weighted by atomic mass is 9.88. The van der Waals surface area contributed by atoms with Crippen molar-refractivity contribution in [3.8, 4) is 5.75 Å². The molecule has 27 heavy (non-hydrogen) atoms. The minimum Gasteiger partial charge on any atom is -0.478 e. The number of hydrogen-bond donors (Lipinski definition) is 0. The highest BCUT2D eigenvalue weighted by molar-refractivity contribution is 6.30. The predicted octanol–water partition coefficient (Wildman–Crippen LogP) is 3.75. The van der Waals surface area contributed by atoms with Crippen LogP contribution in [0.2, 0.25) is 5.02 Å². The van der Waals surface area contributed by atoms with Gasteiger partial charge < -0.3 is 14.5 Å². The van der Waals surface area contributed by atoms with Crippen molar-refractivity contribution in [3.63, 3.8) is 0 Å². The number of nitrogens with zero attached hydrogens (tertiary/aromatic N) is 2. The second kappa shape index (κ2) is 8.51. The summed E-state index contributed by atoms with van der Waals surface area (Å²) in [6, 6.07) is 7.01. The fourth-order valence-electron chi connectivity index (χ4n) is 3.96. The lowest BCUT2D eigenvalue weighted by Gasteiger charge is -2.39. The molecule has 0 N–H and O–H groups in total. The van der Waals surface area contributed by atoms with E-state index in [1.165, 1.54) is 6.42 Å². The van der Waals surface area contributed by atoms with Gasteiger partial charge in [-0.25, -0.2) is 0 Å². The Labute approximate surface area is 166 Å². The average Bonchev–Trinajstić information content (AvgIpc) is 2.69. The van der Waals surface area contributed by atoms with Gasteiger partial charge in [0.25, 0.3) is 5.91 Å². The first kappa shape index (κ1) is 20.0. The lowest BCUT2D eigenvalue weighted by molar-refractivity contribution is -0.150. The van der Waals surface area contributed by atoms with E-state index in [0.29, 0.717) is 37.0 Å². The van der Waals surface area contributed by atoms with Gasteiger partial charge in [0, 0.05) is 37.1 Å². The Balaban J connectivity index is 1.53. The quantitative estimate of drug-likeness (QED) is 0.784. The van der Waals surface area contributed by atoms with E-state index in [1.54, 1.807) is 43.0 Å². The molecule has 2 aliphatic rings. The van der Waals surface area contributed by atoms with Crippen molar-refractivity contribution < 1.29 is 14.3 Å². The fourth-order valence-corrected chi connectivity index (χ4v) is 4.09. The number of ether oxygens (including phenoxy) is 1. The molecular weight excluding hydrogens is 364 g/mol. The largest absolute Gasteiger partial charge is 0.478 e. The van der Waals surface area contributed by atoms with Crippen LogP contribution in [0, 0.1) is 5.92 Å². The molecule has 1 saturated carbocycles. The SMILES string of the molecule is CC(C)(Oc1ccc(Cl)cc1)C(=O)N1CCN(C(=O)C2CCCCC2)CC1. The summed E-state index contributed by atoms with van der Waals surface area (Å²) in [6.07, 6.45) is 5.59. The Morgan fingerprint density at radius 3 is 2.11 bits per heavy atom. The minimum absolute atomic E-state index is 0.0535. The highest BCUT2D eigenvalue weighted by Gasteiger charge is 2.37. The summed E-state index contributed by atoms with van der Waals surface area (Å²) in [4.78, 5) is 29.4. The van der Waals surface area contributed by atoms with Crippen molar-refractivity contribution in [2.24, 2.45) is 5.92 Å². The van der Waals surface area contributed by atoms with Gasteiger partial charge in [-0.2, -0.15) is 0 Å². The summed E-state index contributed by atoms with van der Waals surface area (Å²) in [5.74, 6) is 1.02. The van der Waals surface area contributed by atoms with Gasteiger partial charge in [0.15, 0.2) is 5.60 Å². The molecule has 0 bridgehead atoms.